The number of nitrogens with one attached hydrogen (secondary N) is 1. The highest BCUT2D eigenvalue weighted by atomic mass is 35.5. The SMILES string of the molecule is O=C(CN1CCCCC1)N/N=C\c1c(F)cccc1Cl. The van der Waals surface area contributed by atoms with E-state index >= 15 is 0 Å². The van der Waals surface area contributed by atoms with E-state index in [0.29, 0.717) is 6.54 Å². The predicted octanol–water partition coefficient (Wildman–Crippen LogP) is 2.42. The minimum absolute atomic E-state index is 0.174. The maximum atomic E-state index is 13.5. The fourth-order valence-electron chi connectivity index (χ4n) is 2.16. The summed E-state index contributed by atoms with van der Waals surface area (Å²) in [6.07, 6.45) is 4.70. The summed E-state index contributed by atoms with van der Waals surface area (Å²) in [5.41, 5.74) is 2.57. The first-order chi connectivity index (χ1) is 9.66. The van der Waals surface area contributed by atoms with Crippen LogP contribution in [0.1, 0.15) is 24.8 Å². The third-order valence-electron chi connectivity index (χ3n) is 3.20. The number of hydrogen-bond acceptors (Lipinski definition) is 3. The molecule has 0 bridgehead atoms. The Morgan fingerprint density at radius 2 is 2.15 bits per heavy atom. The molecule has 1 heterocycles. The van der Waals surface area contributed by atoms with E-state index in [4.69, 9.17) is 11.6 Å². The van der Waals surface area contributed by atoms with Crippen LogP contribution in [0.3, 0.4) is 0 Å². The van der Waals surface area contributed by atoms with Crippen molar-refractivity contribution in [3.05, 3.63) is 34.6 Å². The fourth-order valence-corrected chi connectivity index (χ4v) is 2.37. The summed E-state index contributed by atoms with van der Waals surface area (Å²) in [5, 5.41) is 4.02. The molecule has 0 atom stereocenters. The smallest absolute Gasteiger partial charge is 0.254 e. The summed E-state index contributed by atoms with van der Waals surface area (Å²) in [7, 11) is 0. The standard InChI is InChI=1S/C14H17ClFN3O/c15-12-5-4-6-13(16)11(12)9-17-18-14(20)10-19-7-2-1-3-8-19/h4-6,9H,1-3,7-8,10H2,(H,18,20)/b17-9-. The molecule has 1 aliphatic rings. The van der Waals surface area contributed by atoms with Gasteiger partial charge < -0.3 is 0 Å². The van der Waals surface area contributed by atoms with Gasteiger partial charge in [-0.2, -0.15) is 5.10 Å². The van der Waals surface area contributed by atoms with Crippen molar-refractivity contribution in [3.63, 3.8) is 0 Å². The van der Waals surface area contributed by atoms with Gasteiger partial charge in [0, 0.05) is 5.56 Å². The van der Waals surface area contributed by atoms with E-state index in [2.05, 4.69) is 15.4 Å². The van der Waals surface area contributed by atoms with Gasteiger partial charge in [-0.3, -0.25) is 9.69 Å². The zero-order valence-electron chi connectivity index (χ0n) is 11.1. The Kier molecular flexibility index (Phi) is 5.49. The van der Waals surface area contributed by atoms with Gasteiger partial charge in [0.15, 0.2) is 0 Å². The van der Waals surface area contributed by atoms with E-state index in [-0.39, 0.29) is 16.5 Å². The summed E-state index contributed by atoms with van der Waals surface area (Å²) in [6.45, 7) is 2.20. The Bertz CT molecular complexity index is 481. The second kappa shape index (κ2) is 7.36. The molecule has 1 aromatic carbocycles. The molecule has 0 saturated carbocycles. The van der Waals surface area contributed by atoms with E-state index < -0.39 is 5.82 Å². The average molecular weight is 298 g/mol. The summed E-state index contributed by atoms with van der Waals surface area (Å²) < 4.78 is 13.5. The average Bonchev–Trinajstić information content (AvgIpc) is 2.43. The highest BCUT2D eigenvalue weighted by molar-refractivity contribution is 6.33. The molecule has 108 valence electrons. The van der Waals surface area contributed by atoms with Gasteiger partial charge in [0.05, 0.1) is 17.8 Å². The van der Waals surface area contributed by atoms with Crippen molar-refractivity contribution in [2.24, 2.45) is 5.10 Å². The third kappa shape index (κ3) is 4.28. The van der Waals surface area contributed by atoms with Crippen LogP contribution < -0.4 is 5.43 Å². The number of nitrogens with zero attached hydrogens (tertiary/aromatic N) is 2. The number of hydrazone groups is 1. The molecule has 0 radical (unpaired) electrons. The number of carbonyl (C=O) groups is 1. The molecule has 4 nitrogen and oxygen atoms in total. The molecular weight excluding hydrogens is 281 g/mol. The van der Waals surface area contributed by atoms with Crippen LogP contribution in [0.5, 0.6) is 0 Å². The van der Waals surface area contributed by atoms with E-state index in [9.17, 15) is 9.18 Å². The molecular formula is C14H17ClFN3O. The Balaban J connectivity index is 1.84. The van der Waals surface area contributed by atoms with Gasteiger partial charge in [-0.1, -0.05) is 24.1 Å². The molecule has 20 heavy (non-hydrogen) atoms. The minimum atomic E-state index is -0.466. The molecule has 1 amide bonds. The highest BCUT2D eigenvalue weighted by Crippen LogP contribution is 2.16. The largest absolute Gasteiger partial charge is 0.294 e. The van der Waals surface area contributed by atoms with E-state index in [1.54, 1.807) is 6.07 Å². The topological polar surface area (TPSA) is 44.7 Å². The lowest BCUT2D eigenvalue weighted by Gasteiger charge is -2.25. The van der Waals surface area contributed by atoms with Crippen molar-refractivity contribution in [3.8, 4) is 0 Å². The van der Waals surface area contributed by atoms with Crippen LogP contribution >= 0.6 is 11.6 Å². The number of amides is 1. The molecule has 2 rings (SSSR count). The molecule has 6 heteroatoms. The molecule has 0 aromatic heterocycles. The first kappa shape index (κ1) is 14.9. The number of piperidine rings is 1. The lowest BCUT2D eigenvalue weighted by atomic mass is 10.1. The lowest BCUT2D eigenvalue weighted by molar-refractivity contribution is -0.122. The predicted molar refractivity (Wildman–Crippen MR) is 77.4 cm³/mol. The van der Waals surface area contributed by atoms with E-state index in [1.807, 2.05) is 0 Å². The summed E-state index contributed by atoms with van der Waals surface area (Å²) in [5.74, 6) is -0.665. The Labute approximate surface area is 122 Å². The Morgan fingerprint density at radius 3 is 2.85 bits per heavy atom. The second-order valence-electron chi connectivity index (χ2n) is 4.77. The number of likely N-dealkylation sites (tertiary alicyclic amines) is 1. The maximum absolute atomic E-state index is 13.5. The first-order valence-corrected chi connectivity index (χ1v) is 7.03. The van der Waals surface area contributed by atoms with Gasteiger partial charge in [-0.25, -0.2) is 9.82 Å². The highest BCUT2D eigenvalue weighted by Gasteiger charge is 2.13. The summed E-state index contributed by atoms with van der Waals surface area (Å²) >= 11 is 5.85. The maximum Gasteiger partial charge on any atom is 0.254 e. The number of halogens is 2. The van der Waals surface area contributed by atoms with E-state index in [0.717, 1.165) is 25.9 Å². The zero-order chi connectivity index (χ0) is 14.4. The molecule has 0 unspecified atom stereocenters. The number of benzene rings is 1. The first-order valence-electron chi connectivity index (χ1n) is 6.65. The molecule has 1 N–H and O–H groups in total. The zero-order valence-corrected chi connectivity index (χ0v) is 11.9. The molecule has 1 aromatic rings. The van der Waals surface area contributed by atoms with Crippen molar-refractivity contribution in [2.45, 2.75) is 19.3 Å². The quantitative estimate of drug-likeness (QED) is 0.685. The van der Waals surface area contributed by atoms with Gasteiger partial charge in [-0.15, -0.1) is 0 Å². The van der Waals surface area contributed by atoms with Crippen molar-refractivity contribution in [2.75, 3.05) is 19.6 Å². The molecule has 0 spiro atoms. The Hall–Kier alpha value is -1.46. The van der Waals surface area contributed by atoms with Crippen molar-refractivity contribution in [1.29, 1.82) is 0 Å². The number of hydrogen-bond donors (Lipinski definition) is 1. The third-order valence-corrected chi connectivity index (χ3v) is 3.53. The van der Waals surface area contributed by atoms with Crippen LogP contribution in [-0.4, -0.2) is 36.7 Å². The van der Waals surface area contributed by atoms with Crippen LogP contribution in [0.15, 0.2) is 23.3 Å². The van der Waals surface area contributed by atoms with Crippen LogP contribution in [0.4, 0.5) is 4.39 Å². The number of carbonyl (C=O) groups excluding carboxylic acids is 1. The molecule has 1 aliphatic heterocycles. The Morgan fingerprint density at radius 1 is 1.40 bits per heavy atom. The summed E-state index contributed by atoms with van der Waals surface area (Å²) in [4.78, 5) is 13.8. The lowest BCUT2D eigenvalue weighted by Crippen LogP contribution is -2.38. The molecule has 1 saturated heterocycles. The second-order valence-corrected chi connectivity index (χ2v) is 5.17. The number of rotatable bonds is 4. The van der Waals surface area contributed by atoms with Crippen LogP contribution in [0, 0.1) is 5.82 Å². The van der Waals surface area contributed by atoms with Crippen molar-refractivity contribution < 1.29 is 9.18 Å². The van der Waals surface area contributed by atoms with Gasteiger partial charge >= 0.3 is 0 Å². The van der Waals surface area contributed by atoms with Crippen LogP contribution in [0.2, 0.25) is 5.02 Å². The van der Waals surface area contributed by atoms with Crippen LogP contribution in [-0.2, 0) is 4.79 Å². The van der Waals surface area contributed by atoms with Gasteiger partial charge in [0.1, 0.15) is 5.82 Å². The van der Waals surface area contributed by atoms with Crippen molar-refractivity contribution >= 4 is 23.7 Å². The van der Waals surface area contributed by atoms with E-state index in [1.165, 1.54) is 24.8 Å². The van der Waals surface area contributed by atoms with Gasteiger partial charge in [0.2, 0.25) is 0 Å². The normalized spacial score (nSPS) is 16.5. The van der Waals surface area contributed by atoms with Gasteiger partial charge in [-0.05, 0) is 38.1 Å². The van der Waals surface area contributed by atoms with Crippen LogP contribution in [0.25, 0.3) is 0 Å². The molecule has 0 aliphatic carbocycles. The van der Waals surface area contributed by atoms with Gasteiger partial charge in [0.25, 0.3) is 5.91 Å². The van der Waals surface area contributed by atoms with Crippen molar-refractivity contribution in [1.82, 2.24) is 10.3 Å². The molecule has 1 fully saturated rings. The fraction of sp³-hybridized carbons (Fsp3) is 0.429. The minimum Gasteiger partial charge on any atom is -0.294 e. The summed E-state index contributed by atoms with van der Waals surface area (Å²) in [6, 6.07) is 4.38. The monoisotopic (exact) mass is 297 g/mol.